The number of carbonyl (C=O) groups is 2. The molecule has 0 atom stereocenters. The average Bonchev–Trinajstić information content (AvgIpc) is 2.93. The second kappa shape index (κ2) is 8.87. The van der Waals surface area contributed by atoms with Crippen molar-refractivity contribution in [3.63, 3.8) is 0 Å². The minimum absolute atomic E-state index is 0.323. The van der Waals surface area contributed by atoms with Crippen molar-refractivity contribution in [2.24, 2.45) is 21.7 Å². The second-order valence-corrected chi connectivity index (χ2v) is 17.8. The summed E-state index contributed by atoms with van der Waals surface area (Å²) in [5, 5.41) is 0. The minimum atomic E-state index is -4.63. The van der Waals surface area contributed by atoms with Crippen LogP contribution in [0.4, 0.5) is 0 Å². The number of rotatable bonds is 4. The molecular formula is C30H48O4Ti. The maximum absolute atomic E-state index is 13.7. The fourth-order valence-corrected chi connectivity index (χ4v) is 13.6. The predicted molar refractivity (Wildman–Crippen MR) is 141 cm³/mol. The molecule has 0 bridgehead atoms. The van der Waals surface area contributed by atoms with Crippen molar-refractivity contribution in [1.29, 1.82) is 0 Å². The molecule has 0 N–H and O–H groups in total. The van der Waals surface area contributed by atoms with E-state index in [1.54, 1.807) is 0 Å². The summed E-state index contributed by atoms with van der Waals surface area (Å²) in [6, 6.07) is 0. The number of allylic oxidation sites excluding steroid dienone is 8. The van der Waals surface area contributed by atoms with E-state index in [0.29, 0.717) is 0 Å². The Kier molecular flexibility index (Phi) is 7.56. The quantitative estimate of drug-likeness (QED) is 0.349. The van der Waals surface area contributed by atoms with Gasteiger partial charge in [-0.3, -0.25) is 0 Å². The van der Waals surface area contributed by atoms with Gasteiger partial charge in [-0.2, -0.15) is 0 Å². The standard InChI is InChI=1S/2C10H15.2C5H10O2.Ti/c2*1-7-6-10(4,5)9(3)8(7)2;2*1-5(2,3)4(6)7;/h2*1-5H3;2*1-3H3,(H,6,7);/q;;;;+2/p-2. The van der Waals surface area contributed by atoms with E-state index in [1.165, 1.54) is 22.3 Å². The fourth-order valence-electron chi connectivity index (χ4n) is 5.42. The van der Waals surface area contributed by atoms with Gasteiger partial charge in [0.25, 0.3) is 0 Å². The van der Waals surface area contributed by atoms with Crippen molar-refractivity contribution in [2.45, 2.75) is 111 Å². The Bertz CT molecular complexity index is 1000. The molecule has 0 unspecified atom stereocenters. The topological polar surface area (TPSA) is 52.6 Å². The molecule has 0 aromatic carbocycles. The van der Waals surface area contributed by atoms with Crippen LogP contribution in [0.5, 0.6) is 0 Å². The SMILES string of the molecule is CC1=C(C)C(C)(C)[C]([Ti]([O]C(=O)C(C)(C)C)([O]C(=O)C(C)(C)C)[C]2=C(C)C(C)=C(C)C2(C)C)=C1C. The number of carbonyl (C=O) groups excluding carboxylic acids is 2. The molecule has 4 nitrogen and oxygen atoms in total. The molecule has 0 saturated carbocycles. The van der Waals surface area contributed by atoms with Crippen molar-refractivity contribution >= 4 is 11.9 Å². The summed E-state index contributed by atoms with van der Waals surface area (Å²) in [6.07, 6.45) is 0. The Morgan fingerprint density at radius 3 is 1.00 bits per heavy atom. The first-order valence-electron chi connectivity index (χ1n) is 12.7. The fraction of sp³-hybridized carbons (Fsp3) is 0.667. The summed E-state index contributed by atoms with van der Waals surface area (Å²) in [7, 11) is 0. The molecule has 0 heterocycles. The molecule has 0 saturated heterocycles. The number of hydrogen-bond donors (Lipinski definition) is 0. The first-order chi connectivity index (χ1) is 15.5. The Hall–Kier alpha value is -1.39. The van der Waals surface area contributed by atoms with Gasteiger partial charge >= 0.3 is 219 Å². The Morgan fingerprint density at radius 1 is 0.571 bits per heavy atom. The summed E-state index contributed by atoms with van der Waals surface area (Å²) in [4.78, 5) is 27.5. The van der Waals surface area contributed by atoms with E-state index in [1.807, 2.05) is 41.5 Å². The summed E-state index contributed by atoms with van der Waals surface area (Å²) < 4.78 is 15.6. The van der Waals surface area contributed by atoms with Crippen LogP contribution in [0.15, 0.2) is 41.2 Å². The van der Waals surface area contributed by atoms with Gasteiger partial charge in [0.05, 0.1) is 0 Å². The van der Waals surface area contributed by atoms with Crippen molar-refractivity contribution in [3.8, 4) is 0 Å². The molecule has 0 aliphatic heterocycles. The summed E-state index contributed by atoms with van der Waals surface area (Å²) >= 11 is -4.63. The Balaban J connectivity index is 3.11. The molecule has 0 amide bonds. The molecule has 2 rings (SSSR count). The summed E-state index contributed by atoms with van der Waals surface area (Å²) in [6.45, 7) is 32.6. The molecule has 2 aliphatic rings. The molecule has 0 radical (unpaired) electrons. The van der Waals surface area contributed by atoms with Gasteiger partial charge in [-0.25, -0.2) is 0 Å². The predicted octanol–water partition coefficient (Wildman–Crippen LogP) is 8.45. The molecular weight excluding hydrogens is 472 g/mol. The summed E-state index contributed by atoms with van der Waals surface area (Å²) in [5.41, 5.74) is 4.73. The average molecular weight is 521 g/mol. The van der Waals surface area contributed by atoms with E-state index in [4.69, 9.17) is 6.64 Å². The number of hydrogen-bond acceptors (Lipinski definition) is 4. The van der Waals surface area contributed by atoms with Crippen LogP contribution in [0, 0.1) is 21.7 Å². The first kappa shape index (κ1) is 29.8. The van der Waals surface area contributed by atoms with Gasteiger partial charge in [0.15, 0.2) is 0 Å². The zero-order valence-electron chi connectivity index (χ0n) is 25.1. The molecule has 2 aliphatic carbocycles. The van der Waals surface area contributed by atoms with Crippen LogP contribution in [0.2, 0.25) is 0 Å². The van der Waals surface area contributed by atoms with E-state index in [2.05, 4.69) is 69.2 Å². The van der Waals surface area contributed by atoms with Crippen molar-refractivity contribution in [1.82, 2.24) is 0 Å². The second-order valence-electron chi connectivity index (χ2n) is 13.6. The van der Waals surface area contributed by atoms with Crippen molar-refractivity contribution < 1.29 is 33.6 Å². The van der Waals surface area contributed by atoms with Crippen LogP contribution >= 0.6 is 0 Å². The van der Waals surface area contributed by atoms with Crippen LogP contribution in [-0.2, 0) is 33.6 Å². The summed E-state index contributed by atoms with van der Waals surface area (Å²) in [5.74, 6) is -0.647. The van der Waals surface area contributed by atoms with Crippen LogP contribution in [0.1, 0.15) is 111 Å². The third-order valence-corrected chi connectivity index (χ3v) is 15.1. The van der Waals surface area contributed by atoms with E-state index < -0.39 is 39.0 Å². The van der Waals surface area contributed by atoms with Crippen LogP contribution in [-0.4, -0.2) is 11.9 Å². The third-order valence-electron chi connectivity index (χ3n) is 8.48. The molecule has 0 aromatic heterocycles. The monoisotopic (exact) mass is 520 g/mol. The van der Waals surface area contributed by atoms with E-state index in [9.17, 15) is 9.59 Å². The molecule has 5 heteroatoms. The zero-order chi connectivity index (χ0) is 27.7. The van der Waals surface area contributed by atoms with Gasteiger partial charge in [0, 0.05) is 0 Å². The van der Waals surface area contributed by atoms with Gasteiger partial charge < -0.3 is 0 Å². The normalized spacial score (nSPS) is 20.8. The van der Waals surface area contributed by atoms with Gasteiger partial charge in [0.2, 0.25) is 0 Å². The molecule has 0 fully saturated rings. The van der Waals surface area contributed by atoms with E-state index in [-0.39, 0.29) is 11.9 Å². The van der Waals surface area contributed by atoms with Gasteiger partial charge in [0.1, 0.15) is 0 Å². The van der Waals surface area contributed by atoms with Crippen molar-refractivity contribution in [2.75, 3.05) is 0 Å². The van der Waals surface area contributed by atoms with E-state index in [0.717, 1.165) is 18.9 Å². The Morgan fingerprint density at radius 2 is 0.829 bits per heavy atom. The Labute approximate surface area is 218 Å². The van der Waals surface area contributed by atoms with Crippen LogP contribution in [0.3, 0.4) is 0 Å². The third kappa shape index (κ3) is 4.70. The van der Waals surface area contributed by atoms with Crippen molar-refractivity contribution in [3.05, 3.63) is 41.2 Å². The van der Waals surface area contributed by atoms with Gasteiger partial charge in [-0.1, -0.05) is 0 Å². The van der Waals surface area contributed by atoms with Crippen LogP contribution in [0.25, 0.3) is 0 Å². The molecule has 35 heavy (non-hydrogen) atoms. The van der Waals surface area contributed by atoms with Gasteiger partial charge in [-0.05, 0) is 0 Å². The first-order valence-corrected chi connectivity index (χ1v) is 15.6. The van der Waals surface area contributed by atoms with Crippen LogP contribution < -0.4 is 0 Å². The van der Waals surface area contributed by atoms with Gasteiger partial charge in [-0.15, -0.1) is 0 Å². The zero-order valence-corrected chi connectivity index (χ0v) is 26.7. The molecule has 196 valence electrons. The van der Waals surface area contributed by atoms with E-state index >= 15 is 0 Å². The maximum atomic E-state index is 13.7. The molecule has 0 aromatic rings. The molecule has 0 spiro atoms.